The summed E-state index contributed by atoms with van der Waals surface area (Å²) in [6, 6.07) is 6.80. The quantitative estimate of drug-likeness (QED) is 0.903. The van der Waals surface area contributed by atoms with Gasteiger partial charge in [0.15, 0.2) is 5.13 Å². The molecule has 2 rings (SSSR count). The van der Waals surface area contributed by atoms with Gasteiger partial charge in [-0.1, -0.05) is 32.9 Å². The van der Waals surface area contributed by atoms with Crippen LogP contribution in [0.3, 0.4) is 0 Å². The Morgan fingerprint density at radius 2 is 1.95 bits per heavy atom. The highest BCUT2D eigenvalue weighted by Crippen LogP contribution is 2.33. The summed E-state index contributed by atoms with van der Waals surface area (Å²) in [5.74, 6) is -0.211. The molecule has 1 heterocycles. The molecule has 1 atom stereocenters. The first-order valence-electron chi connectivity index (χ1n) is 6.55. The lowest BCUT2D eigenvalue weighted by molar-refractivity contribution is 0.271. The third-order valence-electron chi connectivity index (χ3n) is 3.12. The molecule has 0 amide bonds. The molecule has 3 N–H and O–H groups in total. The van der Waals surface area contributed by atoms with Crippen LogP contribution in [0.2, 0.25) is 0 Å². The maximum atomic E-state index is 13.1. The zero-order chi connectivity index (χ0) is 14.8. The number of hydrogen-bond acceptors (Lipinski definition) is 4. The van der Waals surface area contributed by atoms with Crippen molar-refractivity contribution < 1.29 is 4.39 Å². The fourth-order valence-corrected chi connectivity index (χ4v) is 2.82. The zero-order valence-corrected chi connectivity index (χ0v) is 12.8. The normalized spacial score (nSPS) is 13.4. The van der Waals surface area contributed by atoms with Crippen LogP contribution in [0.25, 0.3) is 0 Å². The van der Waals surface area contributed by atoms with Gasteiger partial charge in [-0.25, -0.2) is 9.37 Å². The summed E-state index contributed by atoms with van der Waals surface area (Å²) in [4.78, 5) is 5.14. The Morgan fingerprint density at radius 1 is 1.30 bits per heavy atom. The molecule has 0 aliphatic rings. The van der Waals surface area contributed by atoms with Crippen molar-refractivity contribution in [2.45, 2.75) is 33.4 Å². The molecule has 0 radical (unpaired) electrons. The topological polar surface area (TPSA) is 50.9 Å². The third-order valence-corrected chi connectivity index (χ3v) is 3.95. The van der Waals surface area contributed by atoms with E-state index in [1.54, 1.807) is 6.20 Å². The minimum atomic E-state index is -0.211. The number of rotatable bonds is 4. The number of thiazole rings is 1. The van der Waals surface area contributed by atoms with Crippen molar-refractivity contribution in [3.8, 4) is 0 Å². The molecule has 0 saturated carbocycles. The highest BCUT2D eigenvalue weighted by Gasteiger charge is 2.25. The van der Waals surface area contributed by atoms with E-state index in [2.05, 4.69) is 31.1 Å². The van der Waals surface area contributed by atoms with Gasteiger partial charge in [0.2, 0.25) is 0 Å². The average Bonchev–Trinajstić information content (AvgIpc) is 2.76. The third kappa shape index (κ3) is 3.77. The molecule has 20 heavy (non-hydrogen) atoms. The van der Waals surface area contributed by atoms with Crippen LogP contribution in [0.4, 0.5) is 9.52 Å². The van der Waals surface area contributed by atoms with Gasteiger partial charge in [0.1, 0.15) is 5.82 Å². The number of halogens is 1. The fraction of sp³-hybridized carbons (Fsp3) is 0.400. The molecule has 1 aromatic heterocycles. The Kier molecular flexibility index (Phi) is 4.40. The van der Waals surface area contributed by atoms with E-state index in [-0.39, 0.29) is 17.3 Å². The molecule has 3 nitrogen and oxygen atoms in total. The van der Waals surface area contributed by atoms with Gasteiger partial charge in [0, 0.05) is 23.7 Å². The molecule has 1 aromatic carbocycles. The van der Waals surface area contributed by atoms with Crippen molar-refractivity contribution in [1.82, 2.24) is 10.3 Å². The molecule has 0 saturated heterocycles. The molecule has 0 aliphatic heterocycles. The number of anilines is 1. The Morgan fingerprint density at radius 3 is 2.45 bits per heavy atom. The van der Waals surface area contributed by atoms with Gasteiger partial charge >= 0.3 is 0 Å². The Hall–Kier alpha value is -1.46. The number of nitrogens with zero attached hydrogens (tertiary/aromatic N) is 1. The summed E-state index contributed by atoms with van der Waals surface area (Å²) in [5, 5.41) is 4.10. The van der Waals surface area contributed by atoms with Gasteiger partial charge < -0.3 is 11.1 Å². The first-order valence-corrected chi connectivity index (χ1v) is 7.37. The van der Waals surface area contributed by atoms with Crippen molar-refractivity contribution in [3.05, 3.63) is 46.7 Å². The second-order valence-corrected chi connectivity index (χ2v) is 7.04. The molecule has 0 spiro atoms. The van der Waals surface area contributed by atoms with Gasteiger partial charge in [-0.2, -0.15) is 0 Å². The van der Waals surface area contributed by atoms with Crippen molar-refractivity contribution in [1.29, 1.82) is 0 Å². The van der Waals surface area contributed by atoms with Crippen LogP contribution in [0.15, 0.2) is 30.5 Å². The van der Waals surface area contributed by atoms with Crippen molar-refractivity contribution in [2.75, 3.05) is 5.73 Å². The number of benzene rings is 1. The van der Waals surface area contributed by atoms with E-state index in [4.69, 9.17) is 5.73 Å². The number of nitrogen functional groups attached to an aromatic ring is 1. The lowest BCUT2D eigenvalue weighted by Crippen LogP contribution is -2.31. The van der Waals surface area contributed by atoms with E-state index < -0.39 is 0 Å². The minimum absolute atomic E-state index is 0.0219. The van der Waals surface area contributed by atoms with Crippen LogP contribution < -0.4 is 11.1 Å². The second-order valence-electron chi connectivity index (χ2n) is 5.90. The summed E-state index contributed by atoms with van der Waals surface area (Å²) in [5.41, 5.74) is 6.74. The van der Waals surface area contributed by atoms with E-state index >= 15 is 0 Å². The molecule has 5 heteroatoms. The number of aromatic nitrogens is 1. The van der Waals surface area contributed by atoms with Crippen molar-refractivity contribution in [2.24, 2.45) is 5.41 Å². The average molecular weight is 293 g/mol. The monoisotopic (exact) mass is 293 g/mol. The van der Waals surface area contributed by atoms with Crippen molar-refractivity contribution >= 4 is 16.5 Å². The molecule has 108 valence electrons. The Bertz CT molecular complexity index is 557. The highest BCUT2D eigenvalue weighted by atomic mass is 32.1. The lowest BCUT2D eigenvalue weighted by Gasteiger charge is -2.32. The first-order chi connectivity index (χ1) is 9.36. The van der Waals surface area contributed by atoms with Crippen LogP contribution in [0, 0.1) is 11.2 Å². The van der Waals surface area contributed by atoms with Gasteiger partial charge in [-0.3, -0.25) is 0 Å². The SMILES string of the molecule is CC(C)(C)C(NCc1cnc(N)s1)c1ccc(F)cc1. The summed E-state index contributed by atoms with van der Waals surface area (Å²) in [6.45, 7) is 7.19. The fourth-order valence-electron chi connectivity index (χ4n) is 2.19. The predicted octanol–water partition coefficient (Wildman–Crippen LogP) is 3.74. The standard InChI is InChI=1S/C15H20FN3S/c1-15(2,3)13(10-4-6-11(16)7-5-10)18-8-12-9-19-14(17)20-12/h4-7,9,13,18H,8H2,1-3H3,(H2,17,19). The van der Waals surface area contributed by atoms with Crippen LogP contribution in [-0.4, -0.2) is 4.98 Å². The number of nitrogens with one attached hydrogen (secondary N) is 1. The van der Waals surface area contributed by atoms with E-state index in [9.17, 15) is 4.39 Å². The van der Waals surface area contributed by atoms with Gasteiger partial charge in [0.25, 0.3) is 0 Å². The minimum Gasteiger partial charge on any atom is -0.375 e. The number of hydrogen-bond donors (Lipinski definition) is 2. The lowest BCUT2D eigenvalue weighted by atomic mass is 9.82. The molecule has 0 aliphatic carbocycles. The first kappa shape index (κ1) is 14.9. The largest absolute Gasteiger partial charge is 0.375 e. The highest BCUT2D eigenvalue weighted by molar-refractivity contribution is 7.15. The van der Waals surface area contributed by atoms with Gasteiger partial charge in [0.05, 0.1) is 0 Å². The van der Waals surface area contributed by atoms with Gasteiger partial charge in [-0.05, 0) is 23.1 Å². The Balaban J connectivity index is 2.14. The smallest absolute Gasteiger partial charge is 0.180 e. The van der Waals surface area contributed by atoms with Crippen LogP contribution in [0.1, 0.15) is 37.3 Å². The molecule has 0 bridgehead atoms. The molecule has 1 unspecified atom stereocenters. The van der Waals surface area contributed by atoms with E-state index in [1.807, 2.05) is 12.1 Å². The maximum absolute atomic E-state index is 13.1. The summed E-state index contributed by atoms with van der Waals surface area (Å²) in [6.07, 6.45) is 1.79. The molecular formula is C15H20FN3S. The van der Waals surface area contributed by atoms with E-state index in [1.165, 1.54) is 23.5 Å². The predicted molar refractivity (Wildman–Crippen MR) is 82.0 cm³/mol. The van der Waals surface area contributed by atoms with E-state index in [0.29, 0.717) is 11.7 Å². The van der Waals surface area contributed by atoms with Crippen molar-refractivity contribution in [3.63, 3.8) is 0 Å². The Labute approximate surface area is 123 Å². The summed E-state index contributed by atoms with van der Waals surface area (Å²) < 4.78 is 13.1. The summed E-state index contributed by atoms with van der Waals surface area (Å²) in [7, 11) is 0. The number of nitrogens with two attached hydrogens (primary N) is 1. The van der Waals surface area contributed by atoms with E-state index in [0.717, 1.165) is 10.4 Å². The van der Waals surface area contributed by atoms with Crippen LogP contribution in [0.5, 0.6) is 0 Å². The molecular weight excluding hydrogens is 273 g/mol. The molecule has 2 aromatic rings. The molecule has 0 fully saturated rings. The van der Waals surface area contributed by atoms with Crippen LogP contribution in [-0.2, 0) is 6.54 Å². The summed E-state index contributed by atoms with van der Waals surface area (Å²) >= 11 is 1.48. The maximum Gasteiger partial charge on any atom is 0.180 e. The zero-order valence-electron chi connectivity index (χ0n) is 12.0. The second kappa shape index (κ2) is 5.89. The van der Waals surface area contributed by atoms with Crippen LogP contribution >= 0.6 is 11.3 Å². The van der Waals surface area contributed by atoms with Gasteiger partial charge in [-0.15, -0.1) is 11.3 Å².